The molecule has 1 aliphatic heterocycles. The summed E-state index contributed by atoms with van der Waals surface area (Å²) in [5.41, 5.74) is 4.02. The minimum absolute atomic E-state index is 0.0284. The van der Waals surface area contributed by atoms with Gasteiger partial charge >= 0.3 is 0 Å². The highest BCUT2D eigenvalue weighted by Gasteiger charge is 2.40. The van der Waals surface area contributed by atoms with Gasteiger partial charge in [0, 0.05) is 43.3 Å². The number of rotatable bonds is 7. The Morgan fingerprint density at radius 3 is 2.81 bits per heavy atom. The second kappa shape index (κ2) is 9.31. The molecule has 1 saturated heterocycles. The number of carbonyl (C=O) groups excluding carboxylic acids is 1. The molecule has 160 valence electrons. The van der Waals surface area contributed by atoms with Crippen LogP contribution < -0.4 is 10.6 Å². The molecule has 0 spiro atoms. The van der Waals surface area contributed by atoms with E-state index in [2.05, 4.69) is 50.3 Å². The molecule has 0 aliphatic carbocycles. The van der Waals surface area contributed by atoms with Crippen LogP contribution in [0.15, 0.2) is 67.0 Å². The summed E-state index contributed by atoms with van der Waals surface area (Å²) in [6.07, 6.45) is 4.22. The summed E-state index contributed by atoms with van der Waals surface area (Å²) in [7, 11) is 0. The van der Waals surface area contributed by atoms with Gasteiger partial charge in [-0.3, -0.25) is 9.78 Å². The van der Waals surface area contributed by atoms with Crippen LogP contribution in [0.2, 0.25) is 0 Å². The lowest BCUT2D eigenvalue weighted by Gasteiger charge is -2.28. The van der Waals surface area contributed by atoms with Gasteiger partial charge in [0.25, 0.3) is 0 Å². The molecule has 7 heteroatoms. The fourth-order valence-electron chi connectivity index (χ4n) is 4.12. The number of nitrogens with zero attached hydrogens (tertiary/aromatic N) is 3. The van der Waals surface area contributed by atoms with Crippen molar-refractivity contribution in [1.82, 2.24) is 19.8 Å². The molecule has 3 heterocycles. The van der Waals surface area contributed by atoms with E-state index >= 15 is 0 Å². The Balaban J connectivity index is 1.54. The molecule has 2 N–H and O–H groups in total. The van der Waals surface area contributed by atoms with Crippen LogP contribution in [-0.4, -0.2) is 32.0 Å². The molecule has 0 unspecified atom stereocenters. The van der Waals surface area contributed by atoms with Gasteiger partial charge in [-0.15, -0.1) is 0 Å². The summed E-state index contributed by atoms with van der Waals surface area (Å²) in [6.45, 7) is 5.52. The molecular weight excluding hydrogens is 406 g/mol. The quantitative estimate of drug-likeness (QED) is 0.547. The Morgan fingerprint density at radius 2 is 2.06 bits per heavy atom. The number of carbonyl (C=O) groups is 1. The van der Waals surface area contributed by atoms with Gasteiger partial charge in [-0.25, -0.2) is 0 Å². The minimum Gasteiger partial charge on any atom is -0.352 e. The second-order valence-electron chi connectivity index (χ2n) is 7.71. The highest BCUT2D eigenvalue weighted by molar-refractivity contribution is 7.80. The van der Waals surface area contributed by atoms with Crippen molar-refractivity contribution in [2.45, 2.75) is 38.9 Å². The number of aryl methyl sites for hydroxylation is 2. The second-order valence-corrected chi connectivity index (χ2v) is 8.09. The average molecular weight is 434 g/mol. The van der Waals surface area contributed by atoms with Crippen LogP contribution in [0.25, 0.3) is 0 Å². The fourth-order valence-corrected chi connectivity index (χ4v) is 4.45. The summed E-state index contributed by atoms with van der Waals surface area (Å²) in [4.78, 5) is 19.3. The first-order valence-electron chi connectivity index (χ1n) is 10.6. The van der Waals surface area contributed by atoms with E-state index in [9.17, 15) is 4.79 Å². The lowest BCUT2D eigenvalue weighted by Crippen LogP contribution is -2.33. The number of pyridine rings is 1. The molecule has 0 bridgehead atoms. The standard InChI is InChI=1S/C24H27N5OS/c1-3-28-14-7-11-20(28)23-22(19-10-4-5-13-25-19)27-24(31)29(23)15-12-21(30)26-18-9-6-8-17(2)16-18/h4-11,13-14,16,22-23H,3,12,15H2,1-2H3,(H,26,30)(H,27,31)/t22-,23-/m0/s1. The lowest BCUT2D eigenvalue weighted by atomic mass is 10.0. The number of aromatic nitrogens is 2. The number of thiocarbonyl (C=S) groups is 1. The molecule has 1 aliphatic rings. The van der Waals surface area contributed by atoms with Crippen molar-refractivity contribution in [1.29, 1.82) is 0 Å². The molecule has 2 atom stereocenters. The molecule has 3 aromatic rings. The first kappa shape index (κ1) is 21.1. The van der Waals surface area contributed by atoms with Crippen molar-refractivity contribution in [3.05, 3.63) is 83.9 Å². The Bertz CT molecular complexity index is 1060. The monoisotopic (exact) mass is 433 g/mol. The summed E-state index contributed by atoms with van der Waals surface area (Å²) in [5.74, 6) is -0.0284. The summed E-state index contributed by atoms with van der Waals surface area (Å²) in [5, 5.41) is 7.08. The molecule has 2 aromatic heterocycles. The molecule has 0 radical (unpaired) electrons. The van der Waals surface area contributed by atoms with Gasteiger partial charge in [0.1, 0.15) is 0 Å². The van der Waals surface area contributed by atoms with E-state index in [0.29, 0.717) is 18.1 Å². The molecule has 6 nitrogen and oxygen atoms in total. The van der Waals surface area contributed by atoms with Gasteiger partial charge in [-0.1, -0.05) is 18.2 Å². The van der Waals surface area contributed by atoms with Crippen molar-refractivity contribution in [3.63, 3.8) is 0 Å². The Morgan fingerprint density at radius 1 is 1.19 bits per heavy atom. The van der Waals surface area contributed by atoms with Crippen LogP contribution >= 0.6 is 12.2 Å². The largest absolute Gasteiger partial charge is 0.352 e. The Labute approximate surface area is 188 Å². The molecule has 1 amide bonds. The summed E-state index contributed by atoms with van der Waals surface area (Å²) in [6, 6.07) is 17.8. The SMILES string of the molecule is CCn1cccc1[C@H]1[C@H](c2ccccn2)NC(=S)N1CCC(=O)Nc1cccc(C)c1. The first-order valence-corrected chi connectivity index (χ1v) is 11.0. The third-order valence-corrected chi connectivity index (χ3v) is 5.94. The van der Waals surface area contributed by atoms with E-state index in [0.717, 1.165) is 29.2 Å². The fraction of sp³-hybridized carbons (Fsp3) is 0.292. The number of amides is 1. The summed E-state index contributed by atoms with van der Waals surface area (Å²) < 4.78 is 2.22. The maximum Gasteiger partial charge on any atom is 0.226 e. The average Bonchev–Trinajstić information content (AvgIpc) is 3.36. The van der Waals surface area contributed by atoms with Gasteiger partial charge in [-0.2, -0.15) is 0 Å². The lowest BCUT2D eigenvalue weighted by molar-refractivity contribution is -0.116. The van der Waals surface area contributed by atoms with Crippen LogP contribution in [0.3, 0.4) is 0 Å². The highest BCUT2D eigenvalue weighted by Crippen LogP contribution is 2.38. The number of hydrogen-bond donors (Lipinski definition) is 2. The molecule has 0 saturated carbocycles. The van der Waals surface area contributed by atoms with E-state index in [1.54, 1.807) is 6.20 Å². The molecular formula is C24H27N5OS. The van der Waals surface area contributed by atoms with E-state index in [1.165, 1.54) is 0 Å². The third-order valence-electron chi connectivity index (χ3n) is 5.59. The first-order chi connectivity index (χ1) is 15.1. The maximum atomic E-state index is 12.6. The summed E-state index contributed by atoms with van der Waals surface area (Å²) >= 11 is 5.69. The molecule has 1 aromatic carbocycles. The van der Waals surface area contributed by atoms with Gasteiger partial charge in [0.05, 0.1) is 17.8 Å². The van der Waals surface area contributed by atoms with Crippen LogP contribution in [0.1, 0.15) is 42.4 Å². The molecule has 1 fully saturated rings. The van der Waals surface area contributed by atoms with E-state index in [-0.39, 0.29) is 18.0 Å². The molecule has 31 heavy (non-hydrogen) atoms. The molecule has 4 rings (SSSR count). The van der Waals surface area contributed by atoms with E-state index in [4.69, 9.17) is 12.2 Å². The van der Waals surface area contributed by atoms with Crippen molar-refractivity contribution in [2.75, 3.05) is 11.9 Å². The zero-order valence-corrected chi connectivity index (χ0v) is 18.6. The highest BCUT2D eigenvalue weighted by atomic mass is 32.1. The van der Waals surface area contributed by atoms with Crippen molar-refractivity contribution >= 4 is 28.9 Å². The zero-order valence-electron chi connectivity index (χ0n) is 17.8. The number of nitrogens with one attached hydrogen (secondary N) is 2. The van der Waals surface area contributed by atoms with Gasteiger partial charge in [0.15, 0.2) is 5.11 Å². The van der Waals surface area contributed by atoms with Gasteiger partial charge in [-0.05, 0) is 68.0 Å². The van der Waals surface area contributed by atoms with Crippen LogP contribution in [0, 0.1) is 6.92 Å². The van der Waals surface area contributed by atoms with Crippen LogP contribution in [0.5, 0.6) is 0 Å². The number of hydrogen-bond acceptors (Lipinski definition) is 3. The number of benzene rings is 1. The van der Waals surface area contributed by atoms with Crippen LogP contribution in [-0.2, 0) is 11.3 Å². The van der Waals surface area contributed by atoms with E-state index < -0.39 is 0 Å². The predicted octanol–water partition coefficient (Wildman–Crippen LogP) is 4.21. The third kappa shape index (κ3) is 4.61. The topological polar surface area (TPSA) is 62.2 Å². The number of anilines is 1. The minimum atomic E-state index is -0.0752. The Kier molecular flexibility index (Phi) is 6.32. The normalized spacial score (nSPS) is 18.1. The van der Waals surface area contributed by atoms with Gasteiger partial charge in [0.2, 0.25) is 5.91 Å². The van der Waals surface area contributed by atoms with E-state index in [1.807, 2.05) is 49.4 Å². The zero-order chi connectivity index (χ0) is 21.8. The van der Waals surface area contributed by atoms with Crippen LogP contribution in [0.4, 0.5) is 5.69 Å². The smallest absolute Gasteiger partial charge is 0.226 e. The van der Waals surface area contributed by atoms with Crippen molar-refractivity contribution in [3.8, 4) is 0 Å². The van der Waals surface area contributed by atoms with Gasteiger partial charge < -0.3 is 20.1 Å². The predicted molar refractivity (Wildman–Crippen MR) is 127 cm³/mol. The van der Waals surface area contributed by atoms with Crippen molar-refractivity contribution in [2.24, 2.45) is 0 Å². The van der Waals surface area contributed by atoms with Crippen molar-refractivity contribution < 1.29 is 4.79 Å². The Hall–Kier alpha value is -3.19. The maximum absolute atomic E-state index is 12.6.